The van der Waals surface area contributed by atoms with E-state index in [4.69, 9.17) is 12.2 Å². The number of nitrogens with zero attached hydrogens (tertiary/aromatic N) is 1. The van der Waals surface area contributed by atoms with Gasteiger partial charge < -0.3 is 15.3 Å². The van der Waals surface area contributed by atoms with Crippen molar-refractivity contribution in [2.24, 2.45) is 0 Å². The summed E-state index contributed by atoms with van der Waals surface area (Å²) in [6, 6.07) is 2.53. The summed E-state index contributed by atoms with van der Waals surface area (Å²) in [4.78, 5) is 10.3. The SMILES string of the molecule is CNC(C)C/C=C/c1c[nH]c2nc(=S)[nH]c-2c1. The Morgan fingerprint density at radius 2 is 2.41 bits per heavy atom. The fourth-order valence-electron chi connectivity index (χ4n) is 1.56. The second kappa shape index (κ2) is 5.25. The normalized spacial score (nSPS) is 13.5. The third-order valence-electron chi connectivity index (χ3n) is 2.69. The molecule has 0 saturated carbocycles. The predicted molar refractivity (Wildman–Crippen MR) is 72.6 cm³/mol. The molecule has 0 fully saturated rings. The third-order valence-corrected chi connectivity index (χ3v) is 2.88. The second-order valence-electron chi connectivity index (χ2n) is 4.07. The van der Waals surface area contributed by atoms with Gasteiger partial charge in [0.25, 0.3) is 0 Å². The van der Waals surface area contributed by atoms with E-state index in [-0.39, 0.29) is 0 Å². The van der Waals surface area contributed by atoms with Crippen LogP contribution in [0, 0.1) is 4.77 Å². The number of pyridine rings is 1. The van der Waals surface area contributed by atoms with Crippen molar-refractivity contribution in [3.63, 3.8) is 0 Å². The predicted octanol–water partition coefficient (Wildman–Crippen LogP) is 2.58. The van der Waals surface area contributed by atoms with E-state index in [9.17, 15) is 0 Å². The zero-order valence-corrected chi connectivity index (χ0v) is 10.8. The van der Waals surface area contributed by atoms with Crippen LogP contribution in [-0.4, -0.2) is 28.0 Å². The highest BCUT2D eigenvalue weighted by atomic mass is 32.1. The molecule has 0 saturated heterocycles. The van der Waals surface area contributed by atoms with Gasteiger partial charge in [-0.2, -0.15) is 0 Å². The Morgan fingerprint density at radius 1 is 1.59 bits per heavy atom. The average molecular weight is 248 g/mol. The van der Waals surface area contributed by atoms with Crippen LogP contribution in [0.4, 0.5) is 0 Å². The Balaban J connectivity index is 2.14. The minimum atomic E-state index is 0.491. The standard InChI is InChI=1S/C12H16N4S/c1-8(13-2)4-3-5-9-6-10-11(14-7-9)16-12(17)15-10/h3,5-8,13H,4H2,1-2H3,(H2,14,15,16,17)/b5-3+. The van der Waals surface area contributed by atoms with Crippen LogP contribution in [0.5, 0.6) is 0 Å². The van der Waals surface area contributed by atoms with Crippen molar-refractivity contribution in [2.75, 3.05) is 7.05 Å². The van der Waals surface area contributed by atoms with Gasteiger partial charge in [-0.15, -0.1) is 0 Å². The molecular weight excluding hydrogens is 232 g/mol. The van der Waals surface area contributed by atoms with Crippen molar-refractivity contribution in [3.05, 3.63) is 28.7 Å². The molecule has 0 radical (unpaired) electrons. The smallest absolute Gasteiger partial charge is 0.199 e. The first-order valence-electron chi connectivity index (χ1n) is 5.61. The molecule has 5 heteroatoms. The van der Waals surface area contributed by atoms with E-state index >= 15 is 0 Å². The maximum Gasteiger partial charge on any atom is 0.199 e. The summed E-state index contributed by atoms with van der Waals surface area (Å²) in [6.07, 6.45) is 7.18. The largest absolute Gasteiger partial charge is 0.344 e. The van der Waals surface area contributed by atoms with Crippen LogP contribution in [-0.2, 0) is 0 Å². The van der Waals surface area contributed by atoms with Gasteiger partial charge in [0.2, 0.25) is 0 Å². The van der Waals surface area contributed by atoms with Crippen molar-refractivity contribution in [1.82, 2.24) is 20.3 Å². The van der Waals surface area contributed by atoms with E-state index in [2.05, 4.69) is 39.3 Å². The molecule has 3 N–H and O–H groups in total. The summed E-state index contributed by atoms with van der Waals surface area (Å²) in [5.41, 5.74) is 2.05. The van der Waals surface area contributed by atoms with Gasteiger partial charge in [-0.1, -0.05) is 12.2 Å². The van der Waals surface area contributed by atoms with Crippen molar-refractivity contribution >= 4 is 18.3 Å². The molecule has 0 aromatic heterocycles. The summed E-state index contributed by atoms with van der Waals surface area (Å²) >= 11 is 4.98. The number of H-pyrrole nitrogens is 2. The zero-order chi connectivity index (χ0) is 12.3. The van der Waals surface area contributed by atoms with Gasteiger partial charge in [0.05, 0.1) is 5.69 Å². The van der Waals surface area contributed by atoms with Crippen molar-refractivity contribution in [3.8, 4) is 11.5 Å². The van der Waals surface area contributed by atoms with Crippen LogP contribution in [0.2, 0.25) is 0 Å². The van der Waals surface area contributed by atoms with Gasteiger partial charge in [0, 0.05) is 12.2 Å². The Labute approximate surface area is 106 Å². The van der Waals surface area contributed by atoms with E-state index in [1.165, 1.54) is 0 Å². The molecule has 0 amide bonds. The van der Waals surface area contributed by atoms with E-state index in [1.54, 1.807) is 0 Å². The maximum atomic E-state index is 4.98. The molecule has 2 aliphatic rings. The van der Waals surface area contributed by atoms with Crippen LogP contribution in [0.3, 0.4) is 0 Å². The van der Waals surface area contributed by atoms with Gasteiger partial charge in [-0.3, -0.25) is 0 Å². The lowest BCUT2D eigenvalue weighted by Gasteiger charge is -2.05. The molecule has 0 aromatic rings. The molecule has 4 nitrogen and oxygen atoms in total. The number of aromatic amines is 2. The summed E-state index contributed by atoms with van der Waals surface area (Å²) in [5, 5.41) is 3.20. The number of fused-ring (bicyclic) bond motifs is 1. The fourth-order valence-corrected chi connectivity index (χ4v) is 1.76. The molecule has 2 rings (SSSR count). The second-order valence-corrected chi connectivity index (χ2v) is 4.45. The molecule has 17 heavy (non-hydrogen) atoms. The maximum absolute atomic E-state index is 4.98. The molecule has 1 atom stereocenters. The van der Waals surface area contributed by atoms with Crippen LogP contribution in [0.15, 0.2) is 18.3 Å². The number of rotatable bonds is 4. The molecular formula is C12H16N4S. The summed E-state index contributed by atoms with van der Waals surface area (Å²) in [6.45, 7) is 2.15. The highest BCUT2D eigenvalue weighted by Crippen LogP contribution is 2.16. The van der Waals surface area contributed by atoms with Gasteiger partial charge >= 0.3 is 0 Å². The van der Waals surface area contributed by atoms with Crippen LogP contribution >= 0.6 is 12.2 Å². The Bertz CT molecular complexity index is 540. The van der Waals surface area contributed by atoms with Gasteiger partial charge in [0.1, 0.15) is 0 Å². The minimum Gasteiger partial charge on any atom is -0.344 e. The first-order valence-corrected chi connectivity index (χ1v) is 6.02. The number of hydrogen-bond donors (Lipinski definition) is 3. The highest BCUT2D eigenvalue weighted by molar-refractivity contribution is 7.71. The molecule has 2 aliphatic heterocycles. The lowest BCUT2D eigenvalue weighted by molar-refractivity contribution is 0.621. The van der Waals surface area contributed by atoms with Crippen molar-refractivity contribution in [2.45, 2.75) is 19.4 Å². The monoisotopic (exact) mass is 248 g/mol. The van der Waals surface area contributed by atoms with E-state index < -0.39 is 0 Å². The first-order chi connectivity index (χ1) is 8.19. The average Bonchev–Trinajstić information content (AvgIpc) is 2.68. The van der Waals surface area contributed by atoms with Gasteiger partial charge in [-0.05, 0) is 44.2 Å². The zero-order valence-electron chi connectivity index (χ0n) is 9.95. The first kappa shape index (κ1) is 12.0. The number of aromatic nitrogens is 3. The number of nitrogens with one attached hydrogen (secondary N) is 3. The van der Waals surface area contributed by atoms with Gasteiger partial charge in [-0.25, -0.2) is 4.98 Å². The van der Waals surface area contributed by atoms with Crippen LogP contribution in [0.25, 0.3) is 17.6 Å². The van der Waals surface area contributed by atoms with Crippen molar-refractivity contribution in [1.29, 1.82) is 0 Å². The molecule has 0 aliphatic carbocycles. The highest BCUT2D eigenvalue weighted by Gasteiger charge is 2.05. The molecule has 0 bridgehead atoms. The third kappa shape index (κ3) is 3.01. The van der Waals surface area contributed by atoms with Crippen LogP contribution < -0.4 is 5.32 Å². The Hall–Kier alpha value is -1.46. The number of imidazole rings is 1. The summed E-state index contributed by atoms with van der Waals surface area (Å²) < 4.78 is 0.515. The van der Waals surface area contributed by atoms with E-state index in [0.29, 0.717) is 10.8 Å². The van der Waals surface area contributed by atoms with Gasteiger partial charge in [0.15, 0.2) is 10.6 Å². The fraction of sp³-hybridized carbons (Fsp3) is 0.333. The van der Waals surface area contributed by atoms with Crippen LogP contribution in [0.1, 0.15) is 18.9 Å². The molecule has 0 aromatic carbocycles. The van der Waals surface area contributed by atoms with E-state index in [1.807, 2.05) is 19.3 Å². The minimum absolute atomic E-state index is 0.491. The molecule has 1 unspecified atom stereocenters. The Kier molecular flexibility index (Phi) is 3.71. The Morgan fingerprint density at radius 3 is 3.18 bits per heavy atom. The topological polar surface area (TPSA) is 56.5 Å². The van der Waals surface area contributed by atoms with E-state index in [0.717, 1.165) is 23.5 Å². The lowest BCUT2D eigenvalue weighted by atomic mass is 10.1. The summed E-state index contributed by atoms with van der Waals surface area (Å²) in [5.74, 6) is 0.802. The summed E-state index contributed by atoms with van der Waals surface area (Å²) in [7, 11) is 1.97. The molecule has 0 spiro atoms. The molecule has 90 valence electrons. The lowest BCUT2D eigenvalue weighted by Crippen LogP contribution is -2.19. The molecule has 2 heterocycles. The van der Waals surface area contributed by atoms with Crippen molar-refractivity contribution < 1.29 is 0 Å². The quantitative estimate of drug-likeness (QED) is 0.729. The number of hydrogen-bond acceptors (Lipinski definition) is 3.